The van der Waals surface area contributed by atoms with E-state index < -0.39 is 11.7 Å². The molecule has 1 aliphatic heterocycles. The zero-order chi connectivity index (χ0) is 28.5. The van der Waals surface area contributed by atoms with Crippen LogP contribution in [0, 0.1) is 0 Å². The molecule has 1 saturated heterocycles. The number of hydrogen-bond acceptors (Lipinski definition) is 6. The fourth-order valence-corrected chi connectivity index (χ4v) is 5.15. The average molecular weight is 563 g/mol. The lowest BCUT2D eigenvalue weighted by molar-refractivity contribution is -0.122. The highest BCUT2D eigenvalue weighted by Crippen LogP contribution is 2.38. The van der Waals surface area contributed by atoms with Crippen molar-refractivity contribution in [2.24, 2.45) is 0 Å². The predicted molar refractivity (Wildman–Crippen MR) is 160 cm³/mol. The van der Waals surface area contributed by atoms with E-state index >= 15 is 0 Å². The summed E-state index contributed by atoms with van der Waals surface area (Å²) < 4.78 is 18.1. The van der Waals surface area contributed by atoms with E-state index in [9.17, 15) is 9.59 Å². The van der Waals surface area contributed by atoms with E-state index in [1.807, 2.05) is 111 Å². The van der Waals surface area contributed by atoms with Gasteiger partial charge in [-0.1, -0.05) is 61.5 Å². The Morgan fingerprint density at radius 1 is 0.925 bits per heavy atom. The number of carbonyl (C=O) groups is 2. The van der Waals surface area contributed by atoms with E-state index in [0.29, 0.717) is 36.1 Å². The van der Waals surface area contributed by atoms with Crippen molar-refractivity contribution >= 4 is 29.4 Å². The third-order valence-electron chi connectivity index (χ3n) is 6.33. The van der Waals surface area contributed by atoms with E-state index in [1.165, 1.54) is 0 Å². The molecule has 1 aliphatic rings. The fourth-order valence-electron chi connectivity index (χ4n) is 4.42. The molecule has 3 aromatic rings. The first kappa shape index (κ1) is 29.3. The zero-order valence-electron chi connectivity index (χ0n) is 23.7. The van der Waals surface area contributed by atoms with Crippen molar-refractivity contribution in [3.8, 4) is 17.2 Å². The number of thioether (sulfide) groups is 1. The average Bonchev–Trinajstić information content (AvgIpc) is 2.93. The van der Waals surface area contributed by atoms with Crippen LogP contribution in [0.25, 0.3) is 0 Å². The molecule has 2 amide bonds. The van der Waals surface area contributed by atoms with Crippen LogP contribution in [0.2, 0.25) is 0 Å². The largest absolute Gasteiger partial charge is 0.485 e. The third kappa shape index (κ3) is 7.94. The van der Waals surface area contributed by atoms with Crippen molar-refractivity contribution in [1.82, 2.24) is 4.90 Å². The van der Waals surface area contributed by atoms with Gasteiger partial charge in [0.05, 0.1) is 11.7 Å². The van der Waals surface area contributed by atoms with E-state index in [4.69, 9.17) is 14.2 Å². The second-order valence-corrected chi connectivity index (χ2v) is 11.9. The highest BCUT2D eigenvalue weighted by Gasteiger charge is 2.38. The second-order valence-electron chi connectivity index (χ2n) is 10.5. The van der Waals surface area contributed by atoms with Crippen LogP contribution in [0.15, 0.2) is 78.9 Å². The Morgan fingerprint density at radius 2 is 1.57 bits per heavy atom. The van der Waals surface area contributed by atoms with Gasteiger partial charge in [0.15, 0.2) is 17.2 Å². The molecule has 0 saturated carbocycles. The highest BCUT2D eigenvalue weighted by molar-refractivity contribution is 7.99. The van der Waals surface area contributed by atoms with E-state index in [0.717, 1.165) is 23.5 Å². The van der Waals surface area contributed by atoms with Gasteiger partial charge in [-0.2, -0.15) is 11.8 Å². The molecule has 0 aliphatic carbocycles. The van der Waals surface area contributed by atoms with Crippen LogP contribution < -0.4 is 14.4 Å². The van der Waals surface area contributed by atoms with Gasteiger partial charge in [0.1, 0.15) is 18.8 Å². The normalized spacial score (nSPS) is 15.6. The molecule has 1 unspecified atom stereocenters. The van der Waals surface area contributed by atoms with Crippen LogP contribution in [-0.2, 0) is 16.1 Å². The summed E-state index contributed by atoms with van der Waals surface area (Å²) in [6.07, 6.45) is 0.293. The number of nitrogens with zero attached hydrogens (tertiary/aromatic N) is 2. The molecule has 4 rings (SSSR count). The number of para-hydroxylation sites is 4. The number of ether oxygens (including phenoxy) is 3. The molecule has 0 N–H and O–H groups in total. The first-order chi connectivity index (χ1) is 19.2. The number of hydrogen-bond donors (Lipinski definition) is 0. The minimum atomic E-state index is -0.642. The molecule has 0 spiro atoms. The molecule has 0 aromatic heterocycles. The van der Waals surface area contributed by atoms with Crippen molar-refractivity contribution in [2.45, 2.75) is 52.4 Å². The Balaban J connectivity index is 1.55. The standard InChI is InChI=1S/C32H38N2O5S/c1-5-40-20-19-25-21-34(30(35)22-33(25)31(36)39-32(2,3)4)26-15-9-10-16-27(26)38-29-18-12-11-17-28(29)37-23-24-13-7-6-8-14-24/h6-18,25H,5,19-23H2,1-4H3. The molecule has 1 atom stereocenters. The first-order valence-electron chi connectivity index (χ1n) is 13.7. The first-order valence-corrected chi connectivity index (χ1v) is 14.8. The maximum Gasteiger partial charge on any atom is 0.411 e. The maximum atomic E-state index is 13.5. The lowest BCUT2D eigenvalue weighted by atomic mass is 10.1. The number of amides is 2. The topological polar surface area (TPSA) is 68.3 Å². The van der Waals surface area contributed by atoms with E-state index in [1.54, 1.807) is 9.80 Å². The van der Waals surface area contributed by atoms with E-state index in [2.05, 4.69) is 6.92 Å². The van der Waals surface area contributed by atoms with Crippen molar-refractivity contribution in [1.29, 1.82) is 0 Å². The van der Waals surface area contributed by atoms with Crippen LogP contribution in [0.5, 0.6) is 17.2 Å². The van der Waals surface area contributed by atoms with Gasteiger partial charge in [-0.15, -0.1) is 0 Å². The second kappa shape index (κ2) is 13.6. The number of anilines is 1. The summed E-state index contributed by atoms with van der Waals surface area (Å²) in [5.41, 5.74) is 1.07. The lowest BCUT2D eigenvalue weighted by Crippen LogP contribution is -2.59. The third-order valence-corrected chi connectivity index (χ3v) is 7.26. The predicted octanol–water partition coefficient (Wildman–Crippen LogP) is 7.15. The van der Waals surface area contributed by atoms with E-state index in [-0.39, 0.29) is 18.5 Å². The number of piperazine rings is 1. The van der Waals surface area contributed by atoms with Gasteiger partial charge in [0.2, 0.25) is 5.91 Å². The number of benzene rings is 3. The molecule has 7 nitrogen and oxygen atoms in total. The molecular formula is C32H38N2O5S. The highest BCUT2D eigenvalue weighted by atomic mass is 32.2. The summed E-state index contributed by atoms with van der Waals surface area (Å²) >= 11 is 1.82. The van der Waals surface area contributed by atoms with Crippen LogP contribution >= 0.6 is 11.8 Å². The van der Waals surface area contributed by atoms with Gasteiger partial charge in [-0.25, -0.2) is 4.79 Å². The summed E-state index contributed by atoms with van der Waals surface area (Å²) in [5.74, 6) is 3.39. The molecule has 212 valence electrons. The Hall–Kier alpha value is -3.65. The zero-order valence-corrected chi connectivity index (χ0v) is 24.5. The molecule has 8 heteroatoms. The summed E-state index contributed by atoms with van der Waals surface area (Å²) in [6, 6.07) is 24.8. The van der Waals surface area contributed by atoms with Gasteiger partial charge in [0.25, 0.3) is 0 Å². The summed E-state index contributed by atoms with van der Waals surface area (Å²) in [6.45, 7) is 8.32. The molecular weight excluding hydrogens is 524 g/mol. The van der Waals surface area contributed by atoms with Gasteiger partial charge in [-0.05, 0) is 68.5 Å². The minimum absolute atomic E-state index is 0.0541. The Morgan fingerprint density at radius 3 is 2.27 bits per heavy atom. The SMILES string of the molecule is CCSCCC1CN(c2ccccc2Oc2ccccc2OCc2ccccc2)C(=O)CN1C(=O)OC(C)(C)C. The van der Waals surface area contributed by atoms with Gasteiger partial charge >= 0.3 is 6.09 Å². The van der Waals surface area contributed by atoms with Gasteiger partial charge in [0, 0.05) is 6.54 Å². The van der Waals surface area contributed by atoms with Crippen LogP contribution in [0.1, 0.15) is 39.7 Å². The Kier molecular flexibility index (Phi) is 9.98. The molecule has 0 radical (unpaired) electrons. The van der Waals surface area contributed by atoms with Crippen molar-refractivity contribution in [2.75, 3.05) is 29.5 Å². The Bertz CT molecular complexity index is 1280. The summed E-state index contributed by atoms with van der Waals surface area (Å²) in [7, 11) is 0. The smallest absolute Gasteiger partial charge is 0.411 e. The molecule has 0 bridgehead atoms. The van der Waals surface area contributed by atoms with Crippen molar-refractivity contribution in [3.05, 3.63) is 84.4 Å². The summed E-state index contributed by atoms with van der Waals surface area (Å²) in [4.78, 5) is 29.8. The summed E-state index contributed by atoms with van der Waals surface area (Å²) in [5, 5.41) is 0. The van der Waals surface area contributed by atoms with Crippen molar-refractivity contribution < 1.29 is 23.8 Å². The minimum Gasteiger partial charge on any atom is -0.485 e. The molecule has 3 aromatic carbocycles. The quantitative estimate of drug-likeness (QED) is 0.244. The van der Waals surface area contributed by atoms with Crippen LogP contribution in [0.3, 0.4) is 0 Å². The molecule has 1 heterocycles. The monoisotopic (exact) mass is 562 g/mol. The van der Waals surface area contributed by atoms with Crippen LogP contribution in [0.4, 0.5) is 10.5 Å². The van der Waals surface area contributed by atoms with Crippen LogP contribution in [-0.4, -0.2) is 53.1 Å². The van der Waals surface area contributed by atoms with Gasteiger partial charge in [-0.3, -0.25) is 9.69 Å². The Labute approximate surface area is 241 Å². The van der Waals surface area contributed by atoms with Gasteiger partial charge < -0.3 is 19.1 Å². The maximum absolute atomic E-state index is 13.5. The molecule has 40 heavy (non-hydrogen) atoms. The lowest BCUT2D eigenvalue weighted by Gasteiger charge is -2.41. The number of rotatable bonds is 10. The van der Waals surface area contributed by atoms with Crippen molar-refractivity contribution in [3.63, 3.8) is 0 Å². The molecule has 1 fully saturated rings. The fraction of sp³-hybridized carbons (Fsp3) is 0.375. The number of carbonyl (C=O) groups excluding carboxylic acids is 2.